The van der Waals surface area contributed by atoms with Crippen LogP contribution in [0.4, 0.5) is 11.4 Å². The molecule has 0 amide bonds. The molecule has 6 rings (SSSR count). The summed E-state index contributed by atoms with van der Waals surface area (Å²) in [6, 6.07) is 24.8. The van der Waals surface area contributed by atoms with Crippen LogP contribution in [0.15, 0.2) is 85.2 Å². The second-order valence-corrected chi connectivity index (χ2v) is 14.3. The third-order valence-electron chi connectivity index (χ3n) is 9.94. The third-order valence-corrected chi connectivity index (χ3v) is 9.94. The molecule has 1 aliphatic rings. The Labute approximate surface area is 352 Å². The highest BCUT2D eigenvalue weighted by Gasteiger charge is 2.21. The summed E-state index contributed by atoms with van der Waals surface area (Å²) in [6.07, 6.45) is 5.91. The molecule has 11 nitrogen and oxygen atoms in total. The van der Waals surface area contributed by atoms with Gasteiger partial charge in [-0.2, -0.15) is 0 Å². The Morgan fingerprint density at radius 3 is 1.73 bits per heavy atom. The number of nitrogens with zero attached hydrogens (tertiary/aromatic N) is 4. The van der Waals surface area contributed by atoms with Gasteiger partial charge in [0.2, 0.25) is 5.75 Å². The molecule has 1 saturated heterocycles. The maximum Gasteiger partial charge on any atom is 0.203 e. The highest BCUT2D eigenvalue weighted by Crippen LogP contribution is 2.43. The van der Waals surface area contributed by atoms with E-state index in [1.807, 2.05) is 89.6 Å². The van der Waals surface area contributed by atoms with Crippen molar-refractivity contribution in [3.63, 3.8) is 0 Å². The first-order chi connectivity index (χ1) is 28.6. The number of aromatic nitrogens is 2. The van der Waals surface area contributed by atoms with Crippen LogP contribution in [0.25, 0.3) is 22.5 Å². The summed E-state index contributed by atoms with van der Waals surface area (Å²) in [7, 11) is 10.3. The molecule has 0 atom stereocenters. The largest absolute Gasteiger partial charge is 0.497 e. The monoisotopic (exact) mass is 807 g/mol. The Hall–Kier alpha value is -5.68. The first-order valence-corrected chi connectivity index (χ1v) is 20.5. The summed E-state index contributed by atoms with van der Waals surface area (Å²) in [5.41, 5.74) is 8.23. The number of ether oxygens (including phenoxy) is 6. The van der Waals surface area contributed by atoms with Gasteiger partial charge in [0.15, 0.2) is 11.5 Å². The van der Waals surface area contributed by atoms with Crippen molar-refractivity contribution in [1.82, 2.24) is 14.9 Å². The van der Waals surface area contributed by atoms with Crippen molar-refractivity contribution in [2.45, 2.75) is 73.1 Å². The molecule has 11 heteroatoms. The van der Waals surface area contributed by atoms with Gasteiger partial charge in [-0.15, -0.1) is 0 Å². The van der Waals surface area contributed by atoms with Crippen LogP contribution in [0.1, 0.15) is 58.6 Å². The van der Waals surface area contributed by atoms with Gasteiger partial charge in [-0.3, -0.25) is 14.9 Å². The number of likely N-dealkylation sites (tertiary alicyclic amines) is 1. The van der Waals surface area contributed by atoms with Gasteiger partial charge in [0.1, 0.15) is 22.9 Å². The van der Waals surface area contributed by atoms with Crippen LogP contribution in [0.3, 0.4) is 0 Å². The SMILES string of the molecule is CC.CCN(C)c1c(OC)cc(-c2cc(C)ccn2)cc1OC.COc1ccc(NC2CCN(Cc3ccnc(-c4cc(OC)c(OC(C)C)c(OC)c4)c3)CC2)cc1. The van der Waals surface area contributed by atoms with E-state index in [-0.39, 0.29) is 6.10 Å². The van der Waals surface area contributed by atoms with E-state index in [0.717, 1.165) is 90.2 Å². The lowest BCUT2D eigenvalue weighted by atomic mass is 10.0. The zero-order chi connectivity index (χ0) is 42.9. The summed E-state index contributed by atoms with van der Waals surface area (Å²) in [6.45, 7) is 16.0. The van der Waals surface area contributed by atoms with E-state index in [2.05, 4.69) is 69.3 Å². The molecule has 1 aliphatic heterocycles. The van der Waals surface area contributed by atoms with Crippen molar-refractivity contribution in [3.8, 4) is 57.0 Å². The third kappa shape index (κ3) is 12.7. The molecule has 3 aromatic carbocycles. The van der Waals surface area contributed by atoms with Crippen molar-refractivity contribution >= 4 is 11.4 Å². The first-order valence-electron chi connectivity index (χ1n) is 20.5. The fourth-order valence-electron chi connectivity index (χ4n) is 6.80. The summed E-state index contributed by atoms with van der Waals surface area (Å²) >= 11 is 0. The van der Waals surface area contributed by atoms with Crippen molar-refractivity contribution in [1.29, 1.82) is 0 Å². The Bertz CT molecular complexity index is 1980. The van der Waals surface area contributed by atoms with Crippen LogP contribution in [0.2, 0.25) is 0 Å². The molecular formula is C48H65N5O6. The van der Waals surface area contributed by atoms with E-state index in [1.165, 1.54) is 11.1 Å². The minimum Gasteiger partial charge on any atom is -0.497 e. The standard InChI is InChI=1S/C29H37N3O4.C17H22N2O2.C2H6/c1-20(2)36-29-27(34-4)17-22(18-28(29)35-5)26-16-21(10-13-30-26)19-32-14-11-24(12-15-32)31-23-6-8-25(33-3)9-7-23;1-6-19(3)17-15(20-4)10-13(11-16(17)21-5)14-9-12(2)7-8-18-14;1-2/h6-10,13,16-18,20,24,31H,11-12,14-15,19H2,1-5H3;7-11H,6H2,1-5H3;1-2H3. The van der Waals surface area contributed by atoms with E-state index < -0.39 is 0 Å². The van der Waals surface area contributed by atoms with Gasteiger partial charge in [0, 0.05) is 68.5 Å². The Morgan fingerprint density at radius 2 is 1.24 bits per heavy atom. The van der Waals surface area contributed by atoms with E-state index in [9.17, 15) is 0 Å². The van der Waals surface area contributed by atoms with Gasteiger partial charge in [0.25, 0.3) is 0 Å². The predicted molar refractivity (Wildman–Crippen MR) is 241 cm³/mol. The highest BCUT2D eigenvalue weighted by atomic mass is 16.5. The normalized spacial score (nSPS) is 12.6. The number of nitrogens with one attached hydrogen (secondary N) is 1. The molecule has 1 N–H and O–H groups in total. The van der Waals surface area contributed by atoms with Gasteiger partial charge in [-0.25, -0.2) is 0 Å². The lowest BCUT2D eigenvalue weighted by molar-refractivity contribution is 0.211. The van der Waals surface area contributed by atoms with E-state index in [0.29, 0.717) is 23.3 Å². The van der Waals surface area contributed by atoms with E-state index >= 15 is 0 Å². The molecule has 0 aliphatic carbocycles. The van der Waals surface area contributed by atoms with Crippen molar-refractivity contribution in [2.75, 3.05) is 72.4 Å². The quantitative estimate of drug-likeness (QED) is 0.109. The van der Waals surface area contributed by atoms with Crippen LogP contribution >= 0.6 is 0 Å². The fourth-order valence-corrected chi connectivity index (χ4v) is 6.80. The number of piperidine rings is 1. The lowest BCUT2D eigenvalue weighted by Crippen LogP contribution is -2.38. The number of hydrogen-bond donors (Lipinski definition) is 1. The summed E-state index contributed by atoms with van der Waals surface area (Å²) in [5, 5.41) is 3.66. The number of aryl methyl sites for hydroxylation is 1. The van der Waals surface area contributed by atoms with Gasteiger partial charge < -0.3 is 38.6 Å². The van der Waals surface area contributed by atoms with Gasteiger partial charge >= 0.3 is 0 Å². The second-order valence-electron chi connectivity index (χ2n) is 14.3. The molecule has 0 bridgehead atoms. The van der Waals surface area contributed by atoms with E-state index in [4.69, 9.17) is 28.4 Å². The number of benzene rings is 3. The Balaban J connectivity index is 0.000000284. The maximum absolute atomic E-state index is 5.94. The molecule has 0 radical (unpaired) electrons. The van der Waals surface area contributed by atoms with Gasteiger partial charge in [-0.05, 0) is 124 Å². The second kappa shape index (κ2) is 23.0. The number of pyridine rings is 2. The topological polar surface area (TPSA) is 99.7 Å². The lowest BCUT2D eigenvalue weighted by Gasteiger charge is -2.33. The smallest absolute Gasteiger partial charge is 0.203 e. The minimum atomic E-state index is 0.00986. The van der Waals surface area contributed by atoms with Crippen LogP contribution in [0, 0.1) is 6.92 Å². The van der Waals surface area contributed by atoms with Gasteiger partial charge in [-0.1, -0.05) is 13.8 Å². The molecule has 1 fully saturated rings. The molecular weight excluding hydrogens is 743 g/mol. The fraction of sp³-hybridized carbons (Fsp3) is 0.417. The van der Waals surface area contributed by atoms with E-state index in [1.54, 1.807) is 35.5 Å². The number of anilines is 2. The van der Waals surface area contributed by atoms with Gasteiger partial charge in [0.05, 0.1) is 53.0 Å². The van der Waals surface area contributed by atoms with Crippen molar-refractivity contribution in [2.24, 2.45) is 0 Å². The average molecular weight is 808 g/mol. The van der Waals surface area contributed by atoms with Crippen molar-refractivity contribution < 1.29 is 28.4 Å². The molecule has 3 heterocycles. The zero-order valence-corrected chi connectivity index (χ0v) is 37.2. The molecule has 0 saturated carbocycles. The first kappa shape index (κ1) is 46.0. The molecule has 59 heavy (non-hydrogen) atoms. The maximum atomic E-state index is 5.94. The summed E-state index contributed by atoms with van der Waals surface area (Å²) in [4.78, 5) is 13.7. The molecule has 5 aromatic rings. The molecule has 0 spiro atoms. The Kier molecular flexibility index (Phi) is 18.0. The van der Waals surface area contributed by atoms with Crippen LogP contribution in [-0.2, 0) is 6.54 Å². The minimum absolute atomic E-state index is 0.00986. The molecule has 318 valence electrons. The molecule has 2 aromatic heterocycles. The number of methoxy groups -OCH3 is 5. The summed E-state index contributed by atoms with van der Waals surface area (Å²) < 4.78 is 33.5. The van der Waals surface area contributed by atoms with Crippen LogP contribution in [-0.4, -0.2) is 89.2 Å². The predicted octanol–water partition coefficient (Wildman–Crippen LogP) is 10.2. The van der Waals surface area contributed by atoms with Crippen LogP contribution in [0.5, 0.6) is 34.5 Å². The summed E-state index contributed by atoms with van der Waals surface area (Å²) in [5.74, 6) is 4.34. The Morgan fingerprint density at radius 1 is 0.712 bits per heavy atom. The average Bonchev–Trinajstić information content (AvgIpc) is 3.27. The van der Waals surface area contributed by atoms with Crippen molar-refractivity contribution in [3.05, 3.63) is 96.3 Å². The zero-order valence-electron chi connectivity index (χ0n) is 37.2. The number of rotatable bonds is 15. The number of hydrogen-bond acceptors (Lipinski definition) is 11. The molecule has 0 unspecified atom stereocenters. The van der Waals surface area contributed by atoms with Crippen LogP contribution < -0.4 is 38.6 Å². The highest BCUT2D eigenvalue weighted by molar-refractivity contribution is 5.76.